The summed E-state index contributed by atoms with van der Waals surface area (Å²) in [7, 11) is 0. The Bertz CT molecular complexity index is 783. The molecule has 0 radical (unpaired) electrons. The van der Waals surface area contributed by atoms with E-state index in [1.54, 1.807) is 12.4 Å². The highest BCUT2D eigenvalue weighted by atomic mass is 16.4. The van der Waals surface area contributed by atoms with Gasteiger partial charge in [0.15, 0.2) is 0 Å². The van der Waals surface area contributed by atoms with Crippen LogP contribution in [0.25, 0.3) is 11.1 Å². The van der Waals surface area contributed by atoms with Crippen molar-refractivity contribution in [3.05, 3.63) is 54.4 Å². The van der Waals surface area contributed by atoms with Crippen LogP contribution in [0.4, 0.5) is 0 Å². The molecule has 1 heterocycles. The van der Waals surface area contributed by atoms with Crippen LogP contribution in [0.5, 0.6) is 0 Å². The van der Waals surface area contributed by atoms with Gasteiger partial charge >= 0.3 is 5.97 Å². The number of carboxylic acids is 1. The van der Waals surface area contributed by atoms with Crippen LogP contribution in [0, 0.1) is 11.8 Å². The van der Waals surface area contributed by atoms with Gasteiger partial charge in [-0.3, -0.25) is 14.6 Å². The molecule has 0 spiro atoms. The average Bonchev–Trinajstić information content (AvgIpc) is 2.72. The minimum Gasteiger partial charge on any atom is -0.481 e. The molecule has 0 saturated heterocycles. The molecule has 5 nitrogen and oxygen atoms in total. The van der Waals surface area contributed by atoms with Crippen molar-refractivity contribution in [2.45, 2.75) is 39.2 Å². The van der Waals surface area contributed by atoms with Gasteiger partial charge < -0.3 is 10.0 Å². The fourth-order valence-corrected chi connectivity index (χ4v) is 3.81. The van der Waals surface area contributed by atoms with Gasteiger partial charge in [0.25, 0.3) is 0 Å². The van der Waals surface area contributed by atoms with Crippen molar-refractivity contribution in [2.75, 3.05) is 6.54 Å². The van der Waals surface area contributed by atoms with Gasteiger partial charge in [-0.2, -0.15) is 0 Å². The molecule has 1 N–H and O–H groups in total. The van der Waals surface area contributed by atoms with E-state index in [2.05, 4.69) is 17.1 Å². The molecule has 1 fully saturated rings. The van der Waals surface area contributed by atoms with E-state index in [4.69, 9.17) is 5.11 Å². The normalized spacial score (nSPS) is 19.4. The second-order valence-corrected chi connectivity index (χ2v) is 7.18. The topological polar surface area (TPSA) is 70.5 Å². The van der Waals surface area contributed by atoms with E-state index >= 15 is 0 Å². The van der Waals surface area contributed by atoms with E-state index in [9.17, 15) is 9.59 Å². The maximum absolute atomic E-state index is 12.9. The summed E-state index contributed by atoms with van der Waals surface area (Å²) in [6.45, 7) is 3.22. The van der Waals surface area contributed by atoms with Gasteiger partial charge in [-0.15, -0.1) is 0 Å². The minimum atomic E-state index is -0.735. The molecular weight excluding hydrogens is 340 g/mol. The van der Waals surface area contributed by atoms with Gasteiger partial charge in [0.05, 0.1) is 5.92 Å². The van der Waals surface area contributed by atoms with Crippen molar-refractivity contribution in [1.82, 2.24) is 9.88 Å². The summed E-state index contributed by atoms with van der Waals surface area (Å²) in [5, 5.41) is 9.13. The number of nitrogens with zero attached hydrogens (tertiary/aromatic N) is 2. The smallest absolute Gasteiger partial charge is 0.306 e. The van der Waals surface area contributed by atoms with Gasteiger partial charge in [-0.25, -0.2) is 0 Å². The van der Waals surface area contributed by atoms with Crippen molar-refractivity contribution in [3.63, 3.8) is 0 Å². The van der Waals surface area contributed by atoms with E-state index in [0.29, 0.717) is 38.8 Å². The Morgan fingerprint density at radius 3 is 2.33 bits per heavy atom. The molecule has 0 bridgehead atoms. The lowest BCUT2D eigenvalue weighted by Gasteiger charge is -2.30. The van der Waals surface area contributed by atoms with E-state index in [1.807, 2.05) is 36.1 Å². The Morgan fingerprint density at radius 2 is 1.70 bits per heavy atom. The van der Waals surface area contributed by atoms with Crippen LogP contribution < -0.4 is 0 Å². The van der Waals surface area contributed by atoms with E-state index in [0.717, 1.165) is 16.7 Å². The molecule has 1 amide bonds. The number of pyridine rings is 1. The zero-order valence-electron chi connectivity index (χ0n) is 15.7. The van der Waals surface area contributed by atoms with Crippen LogP contribution in [0.15, 0.2) is 48.8 Å². The first-order chi connectivity index (χ1) is 13.1. The highest BCUT2D eigenvalue weighted by Gasteiger charge is 2.31. The standard InChI is InChI=1S/C22H26N2O3/c1-2-24(21(25)18-6-8-19(9-7-18)22(26)27)15-16-4-3-5-20(14-16)17-10-12-23-13-11-17/h3-5,10-14,18-19H,2,6-9,15H2,1H3,(H,26,27). The minimum absolute atomic E-state index is 0.0519. The molecule has 0 unspecified atom stereocenters. The predicted octanol–water partition coefficient (Wildman–Crippen LogP) is 3.99. The SMILES string of the molecule is CCN(Cc1cccc(-c2ccncc2)c1)C(=O)C1CCC(C(=O)O)CC1. The Labute approximate surface area is 160 Å². The van der Waals surface area contributed by atoms with Gasteiger partial charge in [-0.1, -0.05) is 18.2 Å². The first-order valence-electron chi connectivity index (χ1n) is 9.59. The molecule has 5 heteroatoms. The fraction of sp³-hybridized carbons (Fsp3) is 0.409. The molecule has 1 aromatic carbocycles. The zero-order valence-corrected chi connectivity index (χ0v) is 15.7. The number of carboxylic acid groups (broad SMARTS) is 1. The number of rotatable bonds is 6. The molecule has 1 aromatic heterocycles. The number of amides is 1. The zero-order chi connectivity index (χ0) is 19.2. The molecule has 3 rings (SSSR count). The molecule has 0 atom stereocenters. The molecule has 2 aromatic rings. The lowest BCUT2D eigenvalue weighted by Crippen LogP contribution is -2.37. The van der Waals surface area contributed by atoms with Crippen LogP contribution in [0.1, 0.15) is 38.2 Å². The number of benzene rings is 1. The quantitative estimate of drug-likeness (QED) is 0.839. The molecule has 1 aliphatic rings. The Balaban J connectivity index is 1.67. The number of carbonyl (C=O) groups is 2. The van der Waals surface area contributed by atoms with Gasteiger partial charge in [-0.05, 0) is 67.5 Å². The molecule has 27 heavy (non-hydrogen) atoms. The van der Waals surface area contributed by atoms with E-state index in [1.165, 1.54) is 0 Å². The number of hydrogen-bond acceptors (Lipinski definition) is 3. The van der Waals surface area contributed by atoms with Crippen molar-refractivity contribution in [3.8, 4) is 11.1 Å². The summed E-state index contributed by atoms with van der Waals surface area (Å²) in [5.74, 6) is -0.929. The van der Waals surface area contributed by atoms with E-state index in [-0.39, 0.29) is 17.7 Å². The Kier molecular flexibility index (Phi) is 6.22. The van der Waals surface area contributed by atoms with Crippen LogP contribution in [-0.4, -0.2) is 33.4 Å². The number of hydrogen-bond donors (Lipinski definition) is 1. The molecule has 1 aliphatic carbocycles. The van der Waals surface area contributed by atoms with Gasteiger partial charge in [0.1, 0.15) is 0 Å². The average molecular weight is 366 g/mol. The van der Waals surface area contributed by atoms with Crippen LogP contribution in [-0.2, 0) is 16.1 Å². The number of aromatic nitrogens is 1. The second kappa shape index (κ2) is 8.80. The van der Waals surface area contributed by atoms with Crippen molar-refractivity contribution in [2.24, 2.45) is 11.8 Å². The largest absolute Gasteiger partial charge is 0.481 e. The molecule has 142 valence electrons. The Morgan fingerprint density at radius 1 is 1.04 bits per heavy atom. The van der Waals surface area contributed by atoms with Crippen molar-refractivity contribution < 1.29 is 14.7 Å². The second-order valence-electron chi connectivity index (χ2n) is 7.18. The van der Waals surface area contributed by atoms with E-state index < -0.39 is 5.97 Å². The first-order valence-corrected chi connectivity index (χ1v) is 9.59. The van der Waals surface area contributed by atoms with Gasteiger partial charge in [0.2, 0.25) is 5.91 Å². The fourth-order valence-electron chi connectivity index (χ4n) is 3.81. The van der Waals surface area contributed by atoms with Gasteiger partial charge in [0, 0.05) is 31.4 Å². The highest BCUT2D eigenvalue weighted by molar-refractivity contribution is 5.79. The van der Waals surface area contributed by atoms with Crippen LogP contribution in [0.3, 0.4) is 0 Å². The highest BCUT2D eigenvalue weighted by Crippen LogP contribution is 2.30. The summed E-state index contributed by atoms with van der Waals surface area (Å²) < 4.78 is 0. The molecule has 0 aliphatic heterocycles. The first kappa shape index (κ1) is 19.1. The summed E-state index contributed by atoms with van der Waals surface area (Å²) in [4.78, 5) is 30.0. The maximum atomic E-state index is 12.9. The van der Waals surface area contributed by atoms with Crippen molar-refractivity contribution in [1.29, 1.82) is 0 Å². The summed E-state index contributed by atoms with van der Waals surface area (Å²) >= 11 is 0. The van der Waals surface area contributed by atoms with Crippen LogP contribution in [0.2, 0.25) is 0 Å². The maximum Gasteiger partial charge on any atom is 0.306 e. The summed E-state index contributed by atoms with van der Waals surface area (Å²) in [6.07, 6.45) is 6.09. The monoisotopic (exact) mass is 366 g/mol. The number of carbonyl (C=O) groups excluding carboxylic acids is 1. The lowest BCUT2D eigenvalue weighted by molar-refractivity contribution is -0.145. The number of aliphatic carboxylic acids is 1. The van der Waals surface area contributed by atoms with Crippen molar-refractivity contribution >= 4 is 11.9 Å². The predicted molar refractivity (Wildman–Crippen MR) is 104 cm³/mol. The third-order valence-corrected chi connectivity index (χ3v) is 5.43. The summed E-state index contributed by atoms with van der Waals surface area (Å²) in [6, 6.07) is 12.2. The third kappa shape index (κ3) is 4.73. The van der Waals surface area contributed by atoms with Crippen LogP contribution >= 0.6 is 0 Å². The molecule has 1 saturated carbocycles. The molecular formula is C22H26N2O3. The third-order valence-electron chi connectivity index (χ3n) is 5.43. The summed E-state index contributed by atoms with van der Waals surface area (Å²) in [5.41, 5.74) is 3.31. The lowest BCUT2D eigenvalue weighted by atomic mass is 9.81. The Hall–Kier alpha value is -2.69.